The lowest BCUT2D eigenvalue weighted by molar-refractivity contribution is 0.0698. The van der Waals surface area contributed by atoms with Crippen molar-refractivity contribution in [1.29, 1.82) is 0 Å². The molecule has 1 aromatic carbocycles. The number of hydrogen-bond acceptors (Lipinski definition) is 5. The highest BCUT2D eigenvalue weighted by atomic mass is 19.1. The van der Waals surface area contributed by atoms with Crippen LogP contribution in [0.1, 0.15) is 34.9 Å². The van der Waals surface area contributed by atoms with Gasteiger partial charge in [0.1, 0.15) is 17.3 Å². The van der Waals surface area contributed by atoms with Gasteiger partial charge in [0.25, 0.3) is 11.8 Å². The Morgan fingerprint density at radius 2 is 2.11 bits per heavy atom. The molecular weight excluding hydrogens is 354 g/mol. The Bertz CT molecular complexity index is 961. The highest BCUT2D eigenvalue weighted by Crippen LogP contribution is 2.28. The lowest BCUT2D eigenvalue weighted by atomic mass is 9.96. The molecular formula is C19H16F2N4O2. The summed E-state index contributed by atoms with van der Waals surface area (Å²) in [7, 11) is 0. The van der Waals surface area contributed by atoms with Gasteiger partial charge in [-0.1, -0.05) is 11.2 Å². The van der Waals surface area contributed by atoms with Gasteiger partial charge < -0.3 is 9.42 Å². The number of aromatic nitrogens is 3. The first-order valence-corrected chi connectivity index (χ1v) is 8.61. The number of carbonyl (C=O) groups excluding carboxylic acids is 1. The Morgan fingerprint density at radius 1 is 1.22 bits per heavy atom. The van der Waals surface area contributed by atoms with Crippen molar-refractivity contribution in [2.24, 2.45) is 0 Å². The van der Waals surface area contributed by atoms with E-state index >= 15 is 0 Å². The number of nitrogens with zero attached hydrogens (tertiary/aromatic N) is 4. The van der Waals surface area contributed by atoms with Gasteiger partial charge in [-0.2, -0.15) is 4.98 Å². The van der Waals surface area contributed by atoms with Crippen LogP contribution in [0.3, 0.4) is 0 Å². The third-order valence-corrected chi connectivity index (χ3v) is 4.56. The first kappa shape index (κ1) is 17.3. The molecule has 1 unspecified atom stereocenters. The predicted molar refractivity (Wildman–Crippen MR) is 91.8 cm³/mol. The largest absolute Gasteiger partial charge is 0.338 e. The van der Waals surface area contributed by atoms with Crippen molar-refractivity contribution in [2.45, 2.75) is 18.8 Å². The van der Waals surface area contributed by atoms with Gasteiger partial charge in [-0.15, -0.1) is 0 Å². The van der Waals surface area contributed by atoms with E-state index < -0.39 is 17.5 Å². The third kappa shape index (κ3) is 3.55. The maximum absolute atomic E-state index is 13.9. The van der Waals surface area contributed by atoms with Gasteiger partial charge in [0.2, 0.25) is 0 Å². The number of piperidine rings is 1. The molecule has 0 N–H and O–H groups in total. The summed E-state index contributed by atoms with van der Waals surface area (Å²) >= 11 is 0. The first-order chi connectivity index (χ1) is 13.1. The van der Waals surface area contributed by atoms with Crippen molar-refractivity contribution in [3.05, 3.63) is 65.6 Å². The smallest absolute Gasteiger partial charge is 0.276 e. The van der Waals surface area contributed by atoms with Crippen LogP contribution in [0.5, 0.6) is 0 Å². The van der Waals surface area contributed by atoms with Crippen LogP contribution in [-0.2, 0) is 0 Å². The van der Waals surface area contributed by atoms with Crippen LogP contribution in [0.4, 0.5) is 8.78 Å². The average molecular weight is 370 g/mol. The van der Waals surface area contributed by atoms with Gasteiger partial charge in [-0.3, -0.25) is 9.78 Å². The first-order valence-electron chi connectivity index (χ1n) is 8.61. The summed E-state index contributed by atoms with van der Waals surface area (Å²) in [6.07, 6.45) is 3.12. The number of hydrogen-bond donors (Lipinski definition) is 0. The molecule has 6 nitrogen and oxygen atoms in total. The van der Waals surface area contributed by atoms with Crippen molar-refractivity contribution < 1.29 is 18.1 Å². The van der Waals surface area contributed by atoms with Crippen LogP contribution in [0.15, 0.2) is 47.1 Å². The monoisotopic (exact) mass is 370 g/mol. The maximum Gasteiger partial charge on any atom is 0.276 e. The number of benzene rings is 1. The molecule has 138 valence electrons. The molecule has 8 heteroatoms. The fourth-order valence-electron chi connectivity index (χ4n) is 3.20. The molecule has 0 saturated carbocycles. The Labute approximate surface area is 153 Å². The molecule has 1 aliphatic heterocycles. The molecule has 3 aromatic rings. The van der Waals surface area contributed by atoms with E-state index in [1.165, 1.54) is 4.90 Å². The van der Waals surface area contributed by atoms with Gasteiger partial charge in [0.05, 0.1) is 5.56 Å². The van der Waals surface area contributed by atoms with Crippen LogP contribution >= 0.6 is 0 Å². The number of pyridine rings is 1. The second-order valence-electron chi connectivity index (χ2n) is 6.39. The van der Waals surface area contributed by atoms with Crippen molar-refractivity contribution in [1.82, 2.24) is 20.0 Å². The maximum atomic E-state index is 13.9. The van der Waals surface area contributed by atoms with E-state index in [4.69, 9.17) is 4.52 Å². The summed E-state index contributed by atoms with van der Waals surface area (Å²) in [5, 5.41) is 4.02. The molecule has 1 atom stereocenters. The second kappa shape index (κ2) is 7.22. The molecule has 0 aliphatic carbocycles. The fourth-order valence-corrected chi connectivity index (χ4v) is 3.20. The second-order valence-corrected chi connectivity index (χ2v) is 6.39. The van der Waals surface area contributed by atoms with E-state index in [-0.39, 0.29) is 11.5 Å². The fraction of sp³-hybridized carbons (Fsp3) is 0.263. The number of halogens is 2. The van der Waals surface area contributed by atoms with E-state index in [1.807, 2.05) is 6.07 Å². The van der Waals surface area contributed by atoms with E-state index in [2.05, 4.69) is 15.1 Å². The minimum Gasteiger partial charge on any atom is -0.338 e. The minimum absolute atomic E-state index is 0.138. The van der Waals surface area contributed by atoms with Gasteiger partial charge in [-0.05, 0) is 43.2 Å². The normalized spacial score (nSPS) is 17.1. The Kier molecular flexibility index (Phi) is 4.62. The molecule has 1 amide bonds. The van der Waals surface area contributed by atoms with Crippen molar-refractivity contribution >= 4 is 5.91 Å². The van der Waals surface area contributed by atoms with E-state index in [9.17, 15) is 13.6 Å². The molecule has 0 spiro atoms. The van der Waals surface area contributed by atoms with E-state index in [1.54, 1.807) is 18.3 Å². The molecule has 0 radical (unpaired) electrons. The SMILES string of the molecule is O=C(c1cc(F)ccc1F)N1CCCC(c2noc(-c3ccccn3)n2)C1. The van der Waals surface area contributed by atoms with Crippen molar-refractivity contribution in [2.75, 3.05) is 13.1 Å². The Hall–Kier alpha value is -3.16. The lowest BCUT2D eigenvalue weighted by Gasteiger charge is -2.31. The minimum atomic E-state index is -0.736. The van der Waals surface area contributed by atoms with Crippen molar-refractivity contribution in [3.63, 3.8) is 0 Å². The zero-order valence-electron chi connectivity index (χ0n) is 14.3. The van der Waals surface area contributed by atoms with Crippen LogP contribution in [-0.4, -0.2) is 39.0 Å². The van der Waals surface area contributed by atoms with Crippen LogP contribution in [0.2, 0.25) is 0 Å². The number of carbonyl (C=O) groups is 1. The van der Waals surface area contributed by atoms with Gasteiger partial charge in [0, 0.05) is 25.2 Å². The zero-order valence-corrected chi connectivity index (χ0v) is 14.3. The number of amides is 1. The van der Waals surface area contributed by atoms with Gasteiger partial charge >= 0.3 is 0 Å². The van der Waals surface area contributed by atoms with Gasteiger partial charge in [0.15, 0.2) is 5.82 Å². The highest BCUT2D eigenvalue weighted by Gasteiger charge is 2.30. The summed E-state index contributed by atoms with van der Waals surface area (Å²) in [4.78, 5) is 22.7. The summed E-state index contributed by atoms with van der Waals surface area (Å²) in [5.74, 6) is -1.27. The van der Waals surface area contributed by atoms with Crippen molar-refractivity contribution in [3.8, 4) is 11.6 Å². The third-order valence-electron chi connectivity index (χ3n) is 4.56. The molecule has 1 saturated heterocycles. The average Bonchev–Trinajstić information content (AvgIpc) is 3.20. The topological polar surface area (TPSA) is 72.1 Å². The lowest BCUT2D eigenvalue weighted by Crippen LogP contribution is -2.39. The van der Waals surface area contributed by atoms with E-state index in [0.29, 0.717) is 36.9 Å². The van der Waals surface area contributed by atoms with Crippen LogP contribution in [0.25, 0.3) is 11.6 Å². The van der Waals surface area contributed by atoms with Crippen LogP contribution < -0.4 is 0 Å². The summed E-state index contributed by atoms with van der Waals surface area (Å²) in [5.41, 5.74) is 0.305. The number of rotatable bonds is 3. The molecule has 27 heavy (non-hydrogen) atoms. The predicted octanol–water partition coefficient (Wildman–Crippen LogP) is 3.43. The highest BCUT2D eigenvalue weighted by molar-refractivity contribution is 5.94. The molecule has 3 heterocycles. The van der Waals surface area contributed by atoms with E-state index in [0.717, 1.165) is 24.6 Å². The molecule has 1 aliphatic rings. The summed E-state index contributed by atoms with van der Waals surface area (Å²) < 4.78 is 32.6. The molecule has 4 rings (SSSR count). The standard InChI is InChI=1S/C19H16F2N4O2/c20-13-6-7-15(21)14(10-13)19(26)25-9-3-4-12(11-25)17-23-18(27-24-17)16-5-1-2-8-22-16/h1-2,5-8,10,12H,3-4,9,11H2. The Morgan fingerprint density at radius 3 is 2.93 bits per heavy atom. The molecule has 0 bridgehead atoms. The summed E-state index contributed by atoms with van der Waals surface area (Å²) in [6.45, 7) is 0.784. The summed E-state index contributed by atoms with van der Waals surface area (Å²) in [6, 6.07) is 8.25. The number of likely N-dealkylation sites (tertiary alicyclic amines) is 1. The Balaban J connectivity index is 1.52. The molecule has 1 fully saturated rings. The molecule has 2 aromatic heterocycles. The quantitative estimate of drug-likeness (QED) is 0.706. The van der Waals surface area contributed by atoms with Crippen LogP contribution in [0, 0.1) is 11.6 Å². The van der Waals surface area contributed by atoms with Gasteiger partial charge in [-0.25, -0.2) is 8.78 Å². The zero-order chi connectivity index (χ0) is 18.8.